The van der Waals surface area contributed by atoms with E-state index in [-0.39, 0.29) is 12.2 Å². The van der Waals surface area contributed by atoms with Gasteiger partial charge in [0.2, 0.25) is 6.10 Å². The second-order valence-corrected chi connectivity index (χ2v) is 3.42. The molecule has 1 N–H and O–H groups in total. The topological polar surface area (TPSA) is 66.8 Å². The van der Waals surface area contributed by atoms with Crippen molar-refractivity contribution in [3.8, 4) is 0 Å². The number of rotatable bonds is 2. The van der Waals surface area contributed by atoms with E-state index in [1.54, 1.807) is 0 Å². The van der Waals surface area contributed by atoms with Crippen molar-refractivity contribution >= 4 is 17.7 Å². The standard InChI is InChI=1S/C10H7F2NO4/c11-6-2-1-5(3-7(6)12)13-4-8(9(14)15)17-10(13)16/h1-3,8H,4H2,(H,14,15)/t8-/m0/s1. The Bertz CT molecular complexity index is 491. The van der Waals surface area contributed by atoms with E-state index in [0.717, 1.165) is 17.0 Å². The molecule has 1 fully saturated rings. The molecule has 0 aromatic heterocycles. The number of cyclic esters (lactones) is 1. The third kappa shape index (κ3) is 2.03. The van der Waals surface area contributed by atoms with Gasteiger partial charge in [0.25, 0.3) is 0 Å². The summed E-state index contributed by atoms with van der Waals surface area (Å²) in [5.74, 6) is -3.45. The van der Waals surface area contributed by atoms with Crippen LogP contribution in [-0.4, -0.2) is 29.8 Å². The average molecular weight is 243 g/mol. The van der Waals surface area contributed by atoms with Crippen molar-refractivity contribution in [1.29, 1.82) is 0 Å². The third-order valence-corrected chi connectivity index (χ3v) is 2.30. The number of carboxylic acids is 1. The van der Waals surface area contributed by atoms with Crippen molar-refractivity contribution in [2.75, 3.05) is 11.4 Å². The number of nitrogens with zero attached hydrogens (tertiary/aromatic N) is 1. The molecule has 1 aromatic rings. The Morgan fingerprint density at radius 2 is 2.12 bits per heavy atom. The van der Waals surface area contributed by atoms with Gasteiger partial charge < -0.3 is 9.84 Å². The Balaban J connectivity index is 2.26. The first-order valence-electron chi connectivity index (χ1n) is 4.65. The van der Waals surface area contributed by atoms with E-state index in [1.807, 2.05) is 0 Å². The maximum atomic E-state index is 12.9. The Hall–Kier alpha value is -2.18. The van der Waals surface area contributed by atoms with E-state index < -0.39 is 29.8 Å². The fourth-order valence-corrected chi connectivity index (χ4v) is 1.46. The predicted octanol–water partition coefficient (Wildman–Crippen LogP) is 1.37. The maximum absolute atomic E-state index is 12.9. The van der Waals surface area contributed by atoms with Crippen molar-refractivity contribution < 1.29 is 28.2 Å². The van der Waals surface area contributed by atoms with Gasteiger partial charge in [-0.05, 0) is 12.1 Å². The summed E-state index contributed by atoms with van der Waals surface area (Å²) in [4.78, 5) is 22.8. The molecular formula is C10H7F2NO4. The number of carboxylic acid groups (broad SMARTS) is 1. The normalized spacial score (nSPS) is 19.3. The number of hydrogen-bond donors (Lipinski definition) is 1. The molecule has 1 aliphatic heterocycles. The lowest BCUT2D eigenvalue weighted by atomic mass is 10.2. The quantitative estimate of drug-likeness (QED) is 0.851. The number of halogens is 2. The van der Waals surface area contributed by atoms with Gasteiger partial charge in [0.1, 0.15) is 0 Å². The molecule has 7 heteroatoms. The number of carbonyl (C=O) groups excluding carboxylic acids is 1. The van der Waals surface area contributed by atoms with Gasteiger partial charge in [-0.25, -0.2) is 18.4 Å². The number of hydrogen-bond acceptors (Lipinski definition) is 3. The Labute approximate surface area is 94.2 Å². The highest BCUT2D eigenvalue weighted by atomic mass is 19.2. The monoisotopic (exact) mass is 243 g/mol. The van der Waals surface area contributed by atoms with Crippen LogP contribution in [0.2, 0.25) is 0 Å². The minimum Gasteiger partial charge on any atom is -0.478 e. The van der Waals surface area contributed by atoms with Gasteiger partial charge in [0, 0.05) is 6.07 Å². The molecule has 1 aromatic carbocycles. The van der Waals surface area contributed by atoms with Crippen LogP contribution in [0, 0.1) is 11.6 Å². The van der Waals surface area contributed by atoms with Gasteiger partial charge in [0.15, 0.2) is 11.6 Å². The van der Waals surface area contributed by atoms with Crippen molar-refractivity contribution in [2.24, 2.45) is 0 Å². The van der Waals surface area contributed by atoms with Crippen LogP contribution in [-0.2, 0) is 9.53 Å². The van der Waals surface area contributed by atoms with E-state index in [1.165, 1.54) is 6.07 Å². The van der Waals surface area contributed by atoms with E-state index in [2.05, 4.69) is 4.74 Å². The van der Waals surface area contributed by atoms with Crippen LogP contribution in [0.3, 0.4) is 0 Å². The van der Waals surface area contributed by atoms with Gasteiger partial charge >= 0.3 is 12.1 Å². The Kier molecular flexibility index (Phi) is 2.66. The molecule has 5 nitrogen and oxygen atoms in total. The highest BCUT2D eigenvalue weighted by molar-refractivity contribution is 5.93. The Morgan fingerprint density at radius 1 is 1.41 bits per heavy atom. The summed E-state index contributed by atoms with van der Waals surface area (Å²) < 4.78 is 30.2. The summed E-state index contributed by atoms with van der Waals surface area (Å²) in [6, 6.07) is 2.83. The first-order chi connectivity index (χ1) is 7.99. The van der Waals surface area contributed by atoms with Crippen molar-refractivity contribution in [3.05, 3.63) is 29.8 Å². The molecule has 2 rings (SSSR count). The number of carbonyl (C=O) groups is 2. The number of anilines is 1. The zero-order chi connectivity index (χ0) is 12.6. The van der Waals surface area contributed by atoms with Gasteiger partial charge in [-0.3, -0.25) is 4.90 Å². The van der Waals surface area contributed by atoms with Crippen LogP contribution in [0.1, 0.15) is 0 Å². The van der Waals surface area contributed by atoms with E-state index in [0.29, 0.717) is 0 Å². The highest BCUT2D eigenvalue weighted by Crippen LogP contribution is 2.23. The van der Waals surface area contributed by atoms with Crippen LogP contribution in [0.25, 0.3) is 0 Å². The lowest BCUT2D eigenvalue weighted by Gasteiger charge is -2.12. The summed E-state index contributed by atoms with van der Waals surface area (Å²) in [5, 5.41) is 8.66. The molecule has 0 bridgehead atoms. The third-order valence-electron chi connectivity index (χ3n) is 2.30. The van der Waals surface area contributed by atoms with Gasteiger partial charge in [-0.1, -0.05) is 0 Å². The fourth-order valence-electron chi connectivity index (χ4n) is 1.46. The second-order valence-electron chi connectivity index (χ2n) is 3.42. The predicted molar refractivity (Wildman–Crippen MR) is 51.6 cm³/mol. The van der Waals surface area contributed by atoms with Crippen molar-refractivity contribution in [1.82, 2.24) is 0 Å². The summed E-state index contributed by atoms with van der Waals surface area (Å²) in [6.07, 6.45) is -2.20. The molecule has 1 saturated heterocycles. The smallest absolute Gasteiger partial charge is 0.415 e. The molecule has 0 unspecified atom stereocenters. The molecule has 1 atom stereocenters. The maximum Gasteiger partial charge on any atom is 0.415 e. The Morgan fingerprint density at radius 3 is 2.65 bits per heavy atom. The number of amides is 1. The van der Waals surface area contributed by atoms with E-state index >= 15 is 0 Å². The van der Waals surface area contributed by atoms with Crippen molar-refractivity contribution in [3.63, 3.8) is 0 Å². The van der Waals surface area contributed by atoms with Crippen LogP contribution < -0.4 is 4.90 Å². The van der Waals surface area contributed by atoms with Gasteiger partial charge in [-0.15, -0.1) is 0 Å². The molecular weight excluding hydrogens is 236 g/mol. The summed E-state index contributed by atoms with van der Waals surface area (Å²) in [6.45, 7) is -0.237. The number of benzene rings is 1. The number of ether oxygens (including phenoxy) is 1. The molecule has 0 aliphatic carbocycles. The minimum absolute atomic E-state index is 0.0534. The molecule has 1 aliphatic rings. The fraction of sp³-hybridized carbons (Fsp3) is 0.200. The second kappa shape index (κ2) is 4.00. The molecule has 1 amide bonds. The molecule has 0 saturated carbocycles. The molecule has 1 heterocycles. The first kappa shape index (κ1) is 11.3. The lowest BCUT2D eigenvalue weighted by Crippen LogP contribution is -2.27. The SMILES string of the molecule is O=C(O)[C@@H]1CN(c2ccc(F)c(F)c2)C(=O)O1. The van der Waals surface area contributed by atoms with Crippen LogP contribution in [0.4, 0.5) is 19.3 Å². The van der Waals surface area contributed by atoms with Crippen LogP contribution in [0.5, 0.6) is 0 Å². The first-order valence-corrected chi connectivity index (χ1v) is 4.65. The van der Waals surface area contributed by atoms with E-state index in [9.17, 15) is 18.4 Å². The van der Waals surface area contributed by atoms with E-state index in [4.69, 9.17) is 5.11 Å². The van der Waals surface area contributed by atoms with Crippen LogP contribution in [0.15, 0.2) is 18.2 Å². The summed E-state index contributed by atoms with van der Waals surface area (Å²) in [7, 11) is 0. The molecule has 17 heavy (non-hydrogen) atoms. The van der Waals surface area contributed by atoms with Crippen LogP contribution >= 0.6 is 0 Å². The number of aliphatic carboxylic acids is 1. The zero-order valence-electron chi connectivity index (χ0n) is 8.39. The molecule has 0 spiro atoms. The molecule has 90 valence electrons. The zero-order valence-corrected chi connectivity index (χ0v) is 8.39. The van der Waals surface area contributed by atoms with Gasteiger partial charge in [0.05, 0.1) is 12.2 Å². The average Bonchev–Trinajstić information content (AvgIpc) is 2.65. The minimum atomic E-state index is -1.30. The van der Waals surface area contributed by atoms with Gasteiger partial charge in [-0.2, -0.15) is 0 Å². The molecule has 0 radical (unpaired) electrons. The summed E-state index contributed by atoms with van der Waals surface area (Å²) in [5.41, 5.74) is 0.0534. The highest BCUT2D eigenvalue weighted by Gasteiger charge is 2.37. The summed E-state index contributed by atoms with van der Waals surface area (Å²) >= 11 is 0. The lowest BCUT2D eigenvalue weighted by molar-refractivity contribution is -0.144. The largest absolute Gasteiger partial charge is 0.478 e. The van der Waals surface area contributed by atoms with Crippen molar-refractivity contribution in [2.45, 2.75) is 6.10 Å².